The molecule has 0 radical (unpaired) electrons. The van der Waals surface area contributed by atoms with E-state index in [4.69, 9.17) is 16.3 Å². The Bertz CT molecular complexity index is 747. The van der Waals surface area contributed by atoms with Gasteiger partial charge in [0.05, 0.1) is 12.2 Å². The summed E-state index contributed by atoms with van der Waals surface area (Å²) in [6.45, 7) is 1.46. The molecule has 3 rings (SSSR count). The molecule has 0 fully saturated rings. The van der Waals surface area contributed by atoms with Crippen molar-refractivity contribution < 1.29 is 4.74 Å². The summed E-state index contributed by atoms with van der Waals surface area (Å²) in [7, 11) is 2.80. The minimum absolute atomic E-state index is 0.456. The van der Waals surface area contributed by atoms with Gasteiger partial charge in [0.15, 0.2) is 9.82 Å². The Morgan fingerprint density at radius 3 is 2.62 bits per heavy atom. The summed E-state index contributed by atoms with van der Waals surface area (Å²) in [5, 5.41) is 0.456. The molecule has 0 saturated heterocycles. The molecule has 0 N–H and O–H groups in total. The number of ether oxygens (including phenoxy) is 1. The van der Waals surface area contributed by atoms with E-state index in [1.807, 2.05) is 48.8 Å². The maximum absolute atomic E-state index is 5.93. The average Bonchev–Trinajstić information content (AvgIpc) is 3.14. The molecule has 0 aliphatic heterocycles. The molecule has 0 amide bonds. The first-order valence-electron chi connectivity index (χ1n) is 6.31. The van der Waals surface area contributed by atoms with E-state index in [1.54, 1.807) is 0 Å². The van der Waals surface area contributed by atoms with E-state index in [-0.39, 0.29) is 0 Å². The van der Waals surface area contributed by atoms with Crippen molar-refractivity contribution in [3.63, 3.8) is 0 Å². The quantitative estimate of drug-likeness (QED) is 0.661. The van der Waals surface area contributed by atoms with Crippen LogP contribution in [0.25, 0.3) is 0 Å². The smallest absolute Gasteiger partial charge is 0.179 e. The fourth-order valence-electron chi connectivity index (χ4n) is 1.75. The van der Waals surface area contributed by atoms with Crippen molar-refractivity contribution in [3.8, 4) is 5.75 Å². The standard InChI is InChI=1S/C14H12ClN3OS2/c15-13-14(20-21-17-13)16-11-3-5-12(6-4-11)19-10-9-18-7-1-2-8-18/h1-8H,9-10H2. The number of halogens is 1. The van der Waals surface area contributed by atoms with E-state index < -0.39 is 0 Å². The molecule has 0 saturated carbocycles. The molecule has 1 aromatic carbocycles. The molecule has 0 aliphatic carbocycles. The van der Waals surface area contributed by atoms with Gasteiger partial charge in [-0.1, -0.05) is 11.6 Å². The van der Waals surface area contributed by atoms with Crippen molar-refractivity contribution in [2.75, 3.05) is 6.61 Å². The fourth-order valence-corrected chi connectivity index (χ4v) is 3.74. The van der Waals surface area contributed by atoms with Gasteiger partial charge in [-0.15, -0.1) is 0 Å². The van der Waals surface area contributed by atoms with Gasteiger partial charge in [-0.3, -0.25) is 0 Å². The van der Waals surface area contributed by atoms with E-state index in [1.165, 1.54) is 20.9 Å². The molecule has 0 bridgehead atoms. The minimum Gasteiger partial charge on any atom is -0.492 e. The third-order valence-corrected chi connectivity index (χ3v) is 4.93. The van der Waals surface area contributed by atoms with E-state index in [9.17, 15) is 0 Å². The van der Waals surface area contributed by atoms with Gasteiger partial charge in [-0.25, -0.2) is 4.99 Å². The van der Waals surface area contributed by atoms with Crippen LogP contribution in [0.4, 0.5) is 5.69 Å². The zero-order valence-electron chi connectivity index (χ0n) is 11.0. The van der Waals surface area contributed by atoms with Gasteiger partial charge in [0.2, 0.25) is 0 Å². The zero-order chi connectivity index (χ0) is 14.5. The second-order valence-corrected chi connectivity index (χ2v) is 6.41. The van der Waals surface area contributed by atoms with Gasteiger partial charge in [-0.2, -0.15) is 4.37 Å². The largest absolute Gasteiger partial charge is 0.492 e. The molecule has 2 aromatic heterocycles. The molecular formula is C14H12ClN3OS2. The third kappa shape index (κ3) is 3.93. The summed E-state index contributed by atoms with van der Waals surface area (Å²) in [4.78, 5) is 4.44. The number of hydrogen-bond donors (Lipinski definition) is 0. The van der Waals surface area contributed by atoms with Crippen LogP contribution < -0.4 is 9.41 Å². The zero-order valence-corrected chi connectivity index (χ0v) is 13.4. The number of hydrogen-bond acceptors (Lipinski definition) is 5. The molecular weight excluding hydrogens is 326 g/mol. The number of aromatic nitrogens is 2. The van der Waals surface area contributed by atoms with Crippen LogP contribution in [0.1, 0.15) is 0 Å². The lowest BCUT2D eigenvalue weighted by atomic mass is 10.3. The predicted molar refractivity (Wildman–Crippen MR) is 86.6 cm³/mol. The highest BCUT2D eigenvalue weighted by atomic mass is 35.5. The maximum atomic E-state index is 5.93. The lowest BCUT2D eigenvalue weighted by molar-refractivity contribution is 0.298. The Kier molecular flexibility index (Phi) is 4.69. The van der Waals surface area contributed by atoms with Gasteiger partial charge < -0.3 is 9.30 Å². The first-order chi connectivity index (χ1) is 10.3. The highest BCUT2D eigenvalue weighted by molar-refractivity contribution is 7.66. The Hall–Kier alpha value is -1.63. The highest BCUT2D eigenvalue weighted by Crippen LogP contribution is 2.18. The maximum Gasteiger partial charge on any atom is 0.179 e. The highest BCUT2D eigenvalue weighted by Gasteiger charge is 1.99. The lowest BCUT2D eigenvalue weighted by Gasteiger charge is -2.07. The van der Waals surface area contributed by atoms with Crippen LogP contribution >= 0.6 is 32.5 Å². The third-order valence-electron chi connectivity index (χ3n) is 2.76. The van der Waals surface area contributed by atoms with E-state index >= 15 is 0 Å². The Morgan fingerprint density at radius 2 is 1.95 bits per heavy atom. The first-order valence-corrected chi connectivity index (χ1v) is 8.79. The molecule has 108 valence electrons. The second-order valence-electron chi connectivity index (χ2n) is 4.22. The molecule has 0 spiro atoms. The SMILES string of the molecule is Clc1nssc1=Nc1ccc(OCCn2cccc2)cc1. The van der Waals surface area contributed by atoms with Crippen molar-refractivity contribution in [1.29, 1.82) is 0 Å². The summed E-state index contributed by atoms with van der Waals surface area (Å²) in [5.74, 6) is 0.833. The molecule has 2 heterocycles. The molecule has 0 unspecified atom stereocenters. The van der Waals surface area contributed by atoms with Crippen LogP contribution in [-0.4, -0.2) is 15.5 Å². The van der Waals surface area contributed by atoms with E-state index in [0.29, 0.717) is 11.8 Å². The van der Waals surface area contributed by atoms with Gasteiger partial charge in [-0.05, 0) is 46.7 Å². The summed E-state index contributed by atoms with van der Waals surface area (Å²) in [5.41, 5.74) is 0.839. The van der Waals surface area contributed by atoms with Crippen LogP contribution in [0.5, 0.6) is 5.75 Å². The molecule has 3 aromatic rings. The van der Waals surface area contributed by atoms with Crippen molar-refractivity contribution in [2.24, 2.45) is 4.99 Å². The van der Waals surface area contributed by atoms with Gasteiger partial charge in [0, 0.05) is 22.9 Å². The van der Waals surface area contributed by atoms with Crippen molar-refractivity contribution in [1.82, 2.24) is 8.94 Å². The summed E-state index contributed by atoms with van der Waals surface area (Å²) < 4.78 is 12.5. The topological polar surface area (TPSA) is 39.4 Å². The Morgan fingerprint density at radius 1 is 1.19 bits per heavy atom. The van der Waals surface area contributed by atoms with Crippen molar-refractivity contribution >= 4 is 38.2 Å². The normalized spacial score (nSPS) is 11.8. The van der Waals surface area contributed by atoms with E-state index in [0.717, 1.165) is 22.7 Å². The summed E-state index contributed by atoms with van der Waals surface area (Å²) in [6.07, 6.45) is 4.04. The predicted octanol–water partition coefficient (Wildman–Crippen LogP) is 3.97. The first kappa shape index (κ1) is 14.3. The minimum atomic E-state index is 0.456. The molecule has 21 heavy (non-hydrogen) atoms. The van der Waals surface area contributed by atoms with Crippen LogP contribution in [0.2, 0.25) is 5.15 Å². The average molecular weight is 338 g/mol. The van der Waals surface area contributed by atoms with Crippen LogP contribution in [0, 0.1) is 0 Å². The monoisotopic (exact) mass is 337 g/mol. The molecule has 0 atom stereocenters. The van der Waals surface area contributed by atoms with Crippen molar-refractivity contribution in [3.05, 3.63) is 58.6 Å². The summed E-state index contributed by atoms with van der Waals surface area (Å²) >= 11 is 5.93. The van der Waals surface area contributed by atoms with Gasteiger partial charge in [0.1, 0.15) is 12.4 Å². The number of benzene rings is 1. The lowest BCUT2D eigenvalue weighted by Crippen LogP contribution is -2.06. The summed E-state index contributed by atoms with van der Waals surface area (Å²) in [6, 6.07) is 11.6. The van der Waals surface area contributed by atoms with Crippen molar-refractivity contribution in [2.45, 2.75) is 6.54 Å². The fraction of sp³-hybridized carbons (Fsp3) is 0.143. The number of rotatable bonds is 5. The molecule has 7 heteroatoms. The second kappa shape index (κ2) is 6.89. The van der Waals surface area contributed by atoms with Crippen LogP contribution in [-0.2, 0) is 6.54 Å². The molecule has 0 aliphatic rings. The van der Waals surface area contributed by atoms with Gasteiger partial charge in [0.25, 0.3) is 0 Å². The Balaban J connectivity index is 1.60. The number of nitrogens with zero attached hydrogens (tertiary/aromatic N) is 3. The van der Waals surface area contributed by atoms with E-state index in [2.05, 4.69) is 13.9 Å². The Labute approximate surface area is 134 Å². The van der Waals surface area contributed by atoms with Gasteiger partial charge >= 0.3 is 0 Å². The van der Waals surface area contributed by atoms with Crippen LogP contribution in [0.3, 0.4) is 0 Å². The van der Waals surface area contributed by atoms with Crippen LogP contribution in [0.15, 0.2) is 53.8 Å². The molecule has 4 nitrogen and oxygen atoms in total.